The molecule has 1 aromatic rings. The van der Waals surface area contributed by atoms with Gasteiger partial charge < -0.3 is 15.5 Å². The number of nitrogens with one attached hydrogen (secondary N) is 2. The first-order valence-corrected chi connectivity index (χ1v) is 6.07. The second-order valence-electron chi connectivity index (χ2n) is 4.59. The molecule has 6 nitrogen and oxygen atoms in total. The van der Waals surface area contributed by atoms with Gasteiger partial charge in [0.15, 0.2) is 0 Å². The monoisotopic (exact) mass is 249 g/mol. The van der Waals surface area contributed by atoms with Crippen molar-refractivity contribution in [1.29, 1.82) is 0 Å². The second-order valence-corrected chi connectivity index (χ2v) is 4.59. The van der Waals surface area contributed by atoms with Crippen molar-refractivity contribution in [3.8, 4) is 0 Å². The lowest BCUT2D eigenvalue weighted by Gasteiger charge is -2.16. The number of anilines is 2. The molecule has 2 rings (SSSR count). The Bertz CT molecular complexity index is 474. The van der Waals surface area contributed by atoms with Crippen molar-refractivity contribution in [2.75, 3.05) is 31.3 Å². The summed E-state index contributed by atoms with van der Waals surface area (Å²) in [7, 11) is 3.65. The number of likely N-dealkylation sites (N-methyl/N-ethyl adjacent to an activating group) is 1. The standard InChI is InChI=1S/C12H19N5O/c1-7-10(13-3)14-8(2)15-11(7)16-9-5-6-17(4)12(9)18/h9H,5-6H2,1-4H3,(H2,13,14,15,16). The Morgan fingerprint density at radius 1 is 1.28 bits per heavy atom. The average molecular weight is 249 g/mol. The highest BCUT2D eigenvalue weighted by molar-refractivity contribution is 5.86. The highest BCUT2D eigenvalue weighted by Crippen LogP contribution is 2.22. The highest BCUT2D eigenvalue weighted by atomic mass is 16.2. The molecule has 0 spiro atoms. The summed E-state index contributed by atoms with van der Waals surface area (Å²) in [4.78, 5) is 22.3. The molecular weight excluding hydrogens is 230 g/mol. The van der Waals surface area contributed by atoms with Gasteiger partial charge in [0.1, 0.15) is 23.5 Å². The normalized spacial score (nSPS) is 19.2. The van der Waals surface area contributed by atoms with Crippen LogP contribution in [-0.2, 0) is 4.79 Å². The van der Waals surface area contributed by atoms with Crippen LogP contribution in [0.3, 0.4) is 0 Å². The van der Waals surface area contributed by atoms with E-state index in [-0.39, 0.29) is 11.9 Å². The summed E-state index contributed by atoms with van der Waals surface area (Å²) in [5.41, 5.74) is 0.936. The maximum Gasteiger partial charge on any atom is 0.244 e. The maximum atomic E-state index is 11.9. The Morgan fingerprint density at radius 3 is 2.50 bits per heavy atom. The van der Waals surface area contributed by atoms with Gasteiger partial charge in [-0.25, -0.2) is 9.97 Å². The van der Waals surface area contributed by atoms with Crippen LogP contribution in [0.4, 0.5) is 11.6 Å². The summed E-state index contributed by atoms with van der Waals surface area (Å²) in [5, 5.41) is 6.26. The number of likely N-dealkylation sites (tertiary alicyclic amines) is 1. The van der Waals surface area contributed by atoms with E-state index in [4.69, 9.17) is 0 Å². The molecule has 0 aromatic carbocycles. The Balaban J connectivity index is 2.24. The first-order valence-electron chi connectivity index (χ1n) is 6.07. The number of aromatic nitrogens is 2. The summed E-state index contributed by atoms with van der Waals surface area (Å²) in [5.74, 6) is 2.34. The van der Waals surface area contributed by atoms with E-state index in [0.717, 1.165) is 30.2 Å². The van der Waals surface area contributed by atoms with Gasteiger partial charge >= 0.3 is 0 Å². The average Bonchev–Trinajstić information content (AvgIpc) is 2.65. The Labute approximate surface area is 107 Å². The topological polar surface area (TPSA) is 70.2 Å². The van der Waals surface area contributed by atoms with Crippen LogP contribution in [0.25, 0.3) is 0 Å². The smallest absolute Gasteiger partial charge is 0.244 e. The minimum atomic E-state index is -0.173. The van der Waals surface area contributed by atoms with Crippen LogP contribution in [0.2, 0.25) is 0 Å². The van der Waals surface area contributed by atoms with Crippen LogP contribution in [0.5, 0.6) is 0 Å². The molecule has 1 aliphatic heterocycles. The second kappa shape index (κ2) is 4.80. The minimum absolute atomic E-state index is 0.122. The van der Waals surface area contributed by atoms with E-state index in [1.54, 1.807) is 4.90 Å². The van der Waals surface area contributed by atoms with Crippen molar-refractivity contribution in [3.63, 3.8) is 0 Å². The third kappa shape index (κ3) is 2.23. The summed E-state index contributed by atoms with van der Waals surface area (Å²) in [6.07, 6.45) is 0.812. The number of carbonyl (C=O) groups excluding carboxylic acids is 1. The fraction of sp³-hybridized carbons (Fsp3) is 0.583. The van der Waals surface area contributed by atoms with Crippen molar-refractivity contribution in [3.05, 3.63) is 11.4 Å². The molecule has 0 aliphatic carbocycles. The van der Waals surface area contributed by atoms with E-state index in [1.807, 2.05) is 27.9 Å². The first kappa shape index (κ1) is 12.6. The number of carbonyl (C=O) groups is 1. The van der Waals surface area contributed by atoms with E-state index < -0.39 is 0 Å². The zero-order valence-electron chi connectivity index (χ0n) is 11.2. The number of aryl methyl sites for hydroxylation is 1. The zero-order valence-corrected chi connectivity index (χ0v) is 11.2. The summed E-state index contributed by atoms with van der Waals surface area (Å²) in [6.45, 7) is 4.57. The van der Waals surface area contributed by atoms with Crippen molar-refractivity contribution in [1.82, 2.24) is 14.9 Å². The molecule has 0 bridgehead atoms. The third-order valence-electron chi connectivity index (χ3n) is 3.23. The van der Waals surface area contributed by atoms with Gasteiger partial charge in [-0.1, -0.05) is 0 Å². The van der Waals surface area contributed by atoms with Crippen LogP contribution in [-0.4, -0.2) is 47.5 Å². The van der Waals surface area contributed by atoms with Crippen LogP contribution in [0.15, 0.2) is 0 Å². The third-order valence-corrected chi connectivity index (χ3v) is 3.23. The molecular formula is C12H19N5O. The van der Waals surface area contributed by atoms with Crippen LogP contribution in [0, 0.1) is 13.8 Å². The molecule has 1 unspecified atom stereocenters. The van der Waals surface area contributed by atoms with Crippen LogP contribution < -0.4 is 10.6 Å². The van der Waals surface area contributed by atoms with Gasteiger partial charge in [0.25, 0.3) is 0 Å². The van der Waals surface area contributed by atoms with Crippen molar-refractivity contribution >= 4 is 17.5 Å². The fourth-order valence-electron chi connectivity index (χ4n) is 2.13. The van der Waals surface area contributed by atoms with Gasteiger partial charge in [-0.15, -0.1) is 0 Å². The summed E-state index contributed by atoms with van der Waals surface area (Å²) < 4.78 is 0. The molecule has 0 saturated carbocycles. The number of hydrogen-bond acceptors (Lipinski definition) is 5. The van der Waals surface area contributed by atoms with E-state index >= 15 is 0 Å². The van der Waals surface area contributed by atoms with Gasteiger partial charge in [0.05, 0.1) is 0 Å². The minimum Gasteiger partial charge on any atom is -0.373 e. The molecule has 1 atom stereocenters. The first-order chi connectivity index (χ1) is 8.52. The Kier molecular flexibility index (Phi) is 3.36. The van der Waals surface area contributed by atoms with Gasteiger partial charge in [-0.3, -0.25) is 4.79 Å². The summed E-state index contributed by atoms with van der Waals surface area (Å²) in [6, 6.07) is -0.173. The van der Waals surface area contributed by atoms with Gasteiger partial charge in [0.2, 0.25) is 5.91 Å². The van der Waals surface area contributed by atoms with E-state index in [1.165, 1.54) is 0 Å². The molecule has 18 heavy (non-hydrogen) atoms. The Hall–Kier alpha value is -1.85. The fourth-order valence-corrected chi connectivity index (χ4v) is 2.13. The number of nitrogens with zero attached hydrogens (tertiary/aromatic N) is 3. The number of amides is 1. The van der Waals surface area contributed by atoms with Crippen molar-refractivity contribution < 1.29 is 4.79 Å². The van der Waals surface area contributed by atoms with Crippen LogP contribution in [0.1, 0.15) is 17.8 Å². The molecule has 1 amide bonds. The lowest BCUT2D eigenvalue weighted by molar-refractivity contribution is -0.127. The van der Waals surface area contributed by atoms with E-state index in [9.17, 15) is 4.79 Å². The zero-order chi connectivity index (χ0) is 13.3. The molecule has 2 N–H and O–H groups in total. The lowest BCUT2D eigenvalue weighted by Crippen LogP contribution is -2.31. The molecule has 1 aliphatic rings. The molecule has 1 fully saturated rings. The molecule has 0 radical (unpaired) electrons. The quantitative estimate of drug-likeness (QED) is 0.828. The van der Waals surface area contributed by atoms with Gasteiger partial charge in [-0.05, 0) is 20.3 Å². The molecule has 2 heterocycles. The maximum absolute atomic E-state index is 11.9. The van der Waals surface area contributed by atoms with Crippen molar-refractivity contribution in [2.45, 2.75) is 26.3 Å². The molecule has 1 saturated heterocycles. The summed E-state index contributed by atoms with van der Waals surface area (Å²) >= 11 is 0. The van der Waals surface area contributed by atoms with Gasteiger partial charge in [0, 0.05) is 26.2 Å². The number of hydrogen-bond donors (Lipinski definition) is 2. The van der Waals surface area contributed by atoms with E-state index in [2.05, 4.69) is 20.6 Å². The van der Waals surface area contributed by atoms with E-state index in [0.29, 0.717) is 5.82 Å². The molecule has 98 valence electrons. The predicted octanol–water partition coefficient (Wildman–Crippen LogP) is 0.778. The van der Waals surface area contributed by atoms with Crippen LogP contribution >= 0.6 is 0 Å². The van der Waals surface area contributed by atoms with Crippen molar-refractivity contribution in [2.24, 2.45) is 0 Å². The van der Waals surface area contributed by atoms with Gasteiger partial charge in [-0.2, -0.15) is 0 Å². The molecule has 1 aromatic heterocycles. The SMILES string of the molecule is CNc1nc(C)nc(NC2CCN(C)C2=O)c1C. The largest absolute Gasteiger partial charge is 0.373 e. The number of rotatable bonds is 3. The lowest BCUT2D eigenvalue weighted by atomic mass is 10.2. The Morgan fingerprint density at radius 2 is 1.94 bits per heavy atom. The highest BCUT2D eigenvalue weighted by Gasteiger charge is 2.29. The predicted molar refractivity (Wildman–Crippen MR) is 70.7 cm³/mol. The molecule has 6 heteroatoms.